The number of methoxy groups -OCH3 is 1. The maximum atomic E-state index is 12.3. The predicted molar refractivity (Wildman–Crippen MR) is 83.0 cm³/mol. The summed E-state index contributed by atoms with van der Waals surface area (Å²) in [5.74, 6) is 1.18. The Morgan fingerprint density at radius 3 is 2.76 bits per heavy atom. The van der Waals surface area contributed by atoms with E-state index in [2.05, 4.69) is 0 Å². The van der Waals surface area contributed by atoms with Crippen LogP contribution >= 0.6 is 0 Å². The summed E-state index contributed by atoms with van der Waals surface area (Å²) in [6.45, 7) is 3.62. The smallest absolute Gasteiger partial charge is 0.246 e. The molecule has 1 saturated heterocycles. The summed E-state index contributed by atoms with van der Waals surface area (Å²) in [7, 11) is 1.63. The van der Waals surface area contributed by atoms with Gasteiger partial charge in [-0.05, 0) is 49.0 Å². The number of aliphatic hydroxyl groups is 1. The molecule has 1 aromatic rings. The molecule has 1 heterocycles. The summed E-state index contributed by atoms with van der Waals surface area (Å²) in [6, 6.07) is 7.71. The summed E-state index contributed by atoms with van der Waals surface area (Å²) in [5, 5.41) is 9.13. The van der Waals surface area contributed by atoms with Gasteiger partial charge in [0.25, 0.3) is 0 Å². The monoisotopic (exact) mass is 289 g/mol. The van der Waals surface area contributed by atoms with Crippen LogP contribution in [0.4, 0.5) is 0 Å². The molecule has 1 amide bonds. The van der Waals surface area contributed by atoms with E-state index >= 15 is 0 Å². The van der Waals surface area contributed by atoms with Gasteiger partial charge in [-0.15, -0.1) is 0 Å². The van der Waals surface area contributed by atoms with Gasteiger partial charge in [0.1, 0.15) is 5.75 Å². The Kier molecular flexibility index (Phi) is 5.39. The van der Waals surface area contributed by atoms with Gasteiger partial charge in [-0.25, -0.2) is 0 Å². The Labute approximate surface area is 126 Å². The fourth-order valence-electron chi connectivity index (χ4n) is 2.56. The van der Waals surface area contributed by atoms with E-state index in [1.165, 1.54) is 0 Å². The molecule has 0 saturated carbocycles. The van der Waals surface area contributed by atoms with Crippen LogP contribution in [-0.4, -0.2) is 42.7 Å². The molecule has 0 bridgehead atoms. The number of hydrogen-bond donors (Lipinski definition) is 1. The molecule has 0 unspecified atom stereocenters. The van der Waals surface area contributed by atoms with Crippen LogP contribution in [0.25, 0.3) is 5.57 Å². The number of piperidine rings is 1. The van der Waals surface area contributed by atoms with Gasteiger partial charge in [0.05, 0.1) is 7.11 Å². The molecule has 2 rings (SSSR count). The third kappa shape index (κ3) is 4.08. The predicted octanol–water partition coefficient (Wildman–Crippen LogP) is 2.33. The largest absolute Gasteiger partial charge is 0.497 e. The standard InChI is InChI=1S/C17H23NO3/c1-13(15-4-3-5-16(11-15)21-2)10-17(20)18-8-6-14(12-19)7-9-18/h3-5,10-11,14,19H,6-9,12H2,1-2H3/b13-10+. The number of ether oxygens (including phenoxy) is 1. The van der Waals surface area contributed by atoms with Crippen LogP contribution in [0.3, 0.4) is 0 Å². The summed E-state index contributed by atoms with van der Waals surface area (Å²) < 4.78 is 5.20. The minimum Gasteiger partial charge on any atom is -0.497 e. The summed E-state index contributed by atoms with van der Waals surface area (Å²) >= 11 is 0. The minimum atomic E-state index is 0.0479. The van der Waals surface area contributed by atoms with Crippen LogP contribution in [-0.2, 0) is 4.79 Å². The van der Waals surface area contributed by atoms with Gasteiger partial charge in [0, 0.05) is 25.8 Å². The second kappa shape index (κ2) is 7.27. The Morgan fingerprint density at radius 2 is 2.14 bits per heavy atom. The molecule has 0 atom stereocenters. The van der Waals surface area contributed by atoms with E-state index in [0.29, 0.717) is 5.92 Å². The molecule has 1 aliphatic rings. The van der Waals surface area contributed by atoms with E-state index in [1.807, 2.05) is 36.1 Å². The van der Waals surface area contributed by atoms with Crippen molar-refractivity contribution in [2.24, 2.45) is 5.92 Å². The lowest BCUT2D eigenvalue weighted by Gasteiger charge is -2.30. The van der Waals surface area contributed by atoms with Crippen molar-refractivity contribution < 1.29 is 14.6 Å². The molecular weight excluding hydrogens is 266 g/mol. The van der Waals surface area contributed by atoms with Gasteiger partial charge < -0.3 is 14.7 Å². The molecule has 21 heavy (non-hydrogen) atoms. The molecule has 1 aliphatic heterocycles. The van der Waals surface area contributed by atoms with Gasteiger partial charge >= 0.3 is 0 Å². The third-order valence-electron chi connectivity index (χ3n) is 4.05. The number of amides is 1. The molecule has 114 valence electrons. The molecule has 4 heteroatoms. The minimum absolute atomic E-state index is 0.0479. The molecule has 0 aliphatic carbocycles. The average molecular weight is 289 g/mol. The number of benzene rings is 1. The van der Waals surface area contributed by atoms with Crippen LogP contribution in [0, 0.1) is 5.92 Å². The van der Waals surface area contributed by atoms with Crippen molar-refractivity contribution in [3.05, 3.63) is 35.9 Å². The number of carbonyl (C=O) groups is 1. The van der Waals surface area contributed by atoms with Gasteiger partial charge in [0.2, 0.25) is 5.91 Å². The number of carbonyl (C=O) groups excluding carboxylic acids is 1. The molecular formula is C17H23NO3. The maximum Gasteiger partial charge on any atom is 0.246 e. The van der Waals surface area contributed by atoms with Gasteiger partial charge in [0.15, 0.2) is 0 Å². The second-order valence-electron chi connectivity index (χ2n) is 5.51. The normalized spacial score (nSPS) is 16.9. The lowest BCUT2D eigenvalue weighted by atomic mass is 9.97. The molecule has 0 spiro atoms. The highest BCUT2D eigenvalue weighted by Gasteiger charge is 2.21. The first kappa shape index (κ1) is 15.6. The molecule has 0 radical (unpaired) electrons. The van der Waals surface area contributed by atoms with Crippen molar-refractivity contribution in [2.75, 3.05) is 26.8 Å². The highest BCUT2D eigenvalue weighted by atomic mass is 16.5. The Morgan fingerprint density at radius 1 is 1.43 bits per heavy atom. The number of likely N-dealkylation sites (tertiary alicyclic amines) is 1. The zero-order chi connectivity index (χ0) is 15.2. The van der Waals surface area contributed by atoms with E-state index in [1.54, 1.807) is 13.2 Å². The fourth-order valence-corrected chi connectivity index (χ4v) is 2.56. The van der Waals surface area contributed by atoms with Crippen molar-refractivity contribution in [3.63, 3.8) is 0 Å². The highest BCUT2D eigenvalue weighted by Crippen LogP contribution is 2.21. The number of aliphatic hydroxyl groups excluding tert-OH is 1. The topological polar surface area (TPSA) is 49.8 Å². The molecule has 1 N–H and O–H groups in total. The summed E-state index contributed by atoms with van der Waals surface area (Å²) in [5.41, 5.74) is 1.93. The first-order chi connectivity index (χ1) is 10.1. The van der Waals surface area contributed by atoms with E-state index in [-0.39, 0.29) is 12.5 Å². The van der Waals surface area contributed by atoms with Crippen molar-refractivity contribution in [3.8, 4) is 5.75 Å². The number of hydrogen-bond acceptors (Lipinski definition) is 3. The average Bonchev–Trinajstić information content (AvgIpc) is 2.54. The third-order valence-corrected chi connectivity index (χ3v) is 4.05. The van der Waals surface area contributed by atoms with E-state index in [9.17, 15) is 4.79 Å². The molecule has 1 fully saturated rings. The van der Waals surface area contributed by atoms with Crippen molar-refractivity contribution in [2.45, 2.75) is 19.8 Å². The summed E-state index contributed by atoms with van der Waals surface area (Å²) in [4.78, 5) is 14.1. The Hall–Kier alpha value is -1.81. The summed E-state index contributed by atoms with van der Waals surface area (Å²) in [6.07, 6.45) is 3.45. The zero-order valence-corrected chi connectivity index (χ0v) is 12.7. The number of nitrogens with zero attached hydrogens (tertiary/aromatic N) is 1. The molecule has 4 nitrogen and oxygen atoms in total. The Bertz CT molecular complexity index is 517. The first-order valence-corrected chi connectivity index (χ1v) is 7.36. The van der Waals surface area contributed by atoms with Gasteiger partial charge in [-0.3, -0.25) is 4.79 Å². The maximum absolute atomic E-state index is 12.3. The quantitative estimate of drug-likeness (QED) is 0.866. The van der Waals surface area contributed by atoms with Crippen molar-refractivity contribution in [1.29, 1.82) is 0 Å². The van der Waals surface area contributed by atoms with Crippen molar-refractivity contribution in [1.82, 2.24) is 4.90 Å². The second-order valence-corrected chi connectivity index (χ2v) is 5.51. The number of allylic oxidation sites excluding steroid dienone is 1. The molecule has 0 aromatic heterocycles. The SMILES string of the molecule is COc1cccc(/C(C)=C/C(=O)N2CCC(CO)CC2)c1. The van der Waals surface area contributed by atoms with Crippen LogP contribution in [0.1, 0.15) is 25.3 Å². The van der Waals surface area contributed by atoms with Crippen LogP contribution in [0.2, 0.25) is 0 Å². The van der Waals surface area contributed by atoms with E-state index in [0.717, 1.165) is 42.8 Å². The number of rotatable bonds is 4. The molecule has 1 aromatic carbocycles. The van der Waals surface area contributed by atoms with Gasteiger partial charge in [-0.2, -0.15) is 0 Å². The fraction of sp³-hybridized carbons (Fsp3) is 0.471. The first-order valence-electron chi connectivity index (χ1n) is 7.36. The van der Waals surface area contributed by atoms with Gasteiger partial charge in [-0.1, -0.05) is 12.1 Å². The lowest BCUT2D eigenvalue weighted by Crippen LogP contribution is -2.38. The van der Waals surface area contributed by atoms with Crippen LogP contribution in [0.15, 0.2) is 30.3 Å². The lowest BCUT2D eigenvalue weighted by molar-refractivity contribution is -0.127. The van der Waals surface area contributed by atoms with E-state index in [4.69, 9.17) is 9.84 Å². The Balaban J connectivity index is 2.02. The van der Waals surface area contributed by atoms with Crippen molar-refractivity contribution >= 4 is 11.5 Å². The van der Waals surface area contributed by atoms with Crippen LogP contribution in [0.5, 0.6) is 5.75 Å². The zero-order valence-electron chi connectivity index (χ0n) is 12.7. The van der Waals surface area contributed by atoms with Crippen LogP contribution < -0.4 is 4.74 Å². The van der Waals surface area contributed by atoms with E-state index < -0.39 is 0 Å². The highest BCUT2D eigenvalue weighted by molar-refractivity contribution is 5.95.